The Morgan fingerprint density at radius 2 is 1.61 bits per heavy atom. The van der Waals surface area contributed by atoms with Gasteiger partial charge in [-0.2, -0.15) is 0 Å². The van der Waals surface area contributed by atoms with Crippen LogP contribution in [0.2, 0.25) is 0 Å². The average Bonchev–Trinajstić information content (AvgIpc) is 2.32. The summed E-state index contributed by atoms with van der Waals surface area (Å²) in [4.78, 5) is 12.2. The van der Waals surface area contributed by atoms with Crippen molar-refractivity contribution in [3.8, 4) is 0 Å². The summed E-state index contributed by atoms with van der Waals surface area (Å²) in [5.74, 6) is 0.155. The topological polar surface area (TPSA) is 17.1 Å². The lowest BCUT2D eigenvalue weighted by Gasteiger charge is -2.06. The highest BCUT2D eigenvalue weighted by atomic mass is 79.9. The fourth-order valence-electron chi connectivity index (χ4n) is 1.82. The zero-order valence-electron chi connectivity index (χ0n) is 9.91. The van der Waals surface area contributed by atoms with E-state index in [2.05, 4.69) is 31.9 Å². The van der Waals surface area contributed by atoms with Gasteiger partial charge in [0.1, 0.15) is 0 Å². The van der Waals surface area contributed by atoms with Crippen LogP contribution in [0.4, 0.5) is 0 Å². The van der Waals surface area contributed by atoms with Gasteiger partial charge in [-0.3, -0.25) is 4.79 Å². The summed E-state index contributed by atoms with van der Waals surface area (Å²) in [5.41, 5.74) is 2.83. The molecule has 0 aliphatic heterocycles. The van der Waals surface area contributed by atoms with Crippen molar-refractivity contribution in [1.29, 1.82) is 0 Å². The van der Waals surface area contributed by atoms with E-state index >= 15 is 0 Å². The Morgan fingerprint density at radius 3 is 2.22 bits per heavy atom. The molecular weight excluding hydrogens is 356 g/mol. The van der Waals surface area contributed by atoms with Crippen molar-refractivity contribution < 1.29 is 4.79 Å². The molecule has 3 heteroatoms. The first-order valence-electron chi connectivity index (χ1n) is 5.60. The summed E-state index contributed by atoms with van der Waals surface area (Å²) in [7, 11) is 0. The Bertz CT molecular complexity index is 574. The maximum atomic E-state index is 12.2. The third-order valence-electron chi connectivity index (χ3n) is 2.77. The summed E-state index contributed by atoms with van der Waals surface area (Å²) in [6.45, 7) is 1.96. The highest BCUT2D eigenvalue weighted by Gasteiger charge is 2.10. The number of ketones is 1. The molecule has 2 rings (SSSR count). The lowest BCUT2D eigenvalue weighted by Crippen LogP contribution is -2.05. The minimum Gasteiger partial charge on any atom is -0.294 e. The Kier molecular flexibility index (Phi) is 4.36. The van der Waals surface area contributed by atoms with Gasteiger partial charge in [-0.25, -0.2) is 0 Å². The molecule has 0 atom stereocenters. The first-order valence-corrected chi connectivity index (χ1v) is 7.18. The number of hydrogen-bond donors (Lipinski definition) is 0. The third kappa shape index (κ3) is 3.30. The van der Waals surface area contributed by atoms with Crippen molar-refractivity contribution in [2.24, 2.45) is 0 Å². The normalized spacial score (nSPS) is 10.4. The zero-order valence-corrected chi connectivity index (χ0v) is 13.1. The van der Waals surface area contributed by atoms with E-state index in [-0.39, 0.29) is 5.78 Å². The number of hydrogen-bond acceptors (Lipinski definition) is 1. The summed E-state index contributed by atoms with van der Waals surface area (Å²) in [5, 5.41) is 0. The molecule has 0 amide bonds. The maximum absolute atomic E-state index is 12.2. The average molecular weight is 368 g/mol. The van der Waals surface area contributed by atoms with E-state index in [1.807, 2.05) is 49.4 Å². The van der Waals surface area contributed by atoms with E-state index in [1.165, 1.54) is 0 Å². The van der Waals surface area contributed by atoms with Crippen LogP contribution in [0.15, 0.2) is 51.4 Å². The van der Waals surface area contributed by atoms with Gasteiger partial charge in [0.2, 0.25) is 0 Å². The number of halogens is 2. The molecule has 0 bridgehead atoms. The van der Waals surface area contributed by atoms with Gasteiger partial charge in [0.15, 0.2) is 5.78 Å². The van der Waals surface area contributed by atoms with Gasteiger partial charge in [0.05, 0.1) is 0 Å². The van der Waals surface area contributed by atoms with Crippen LogP contribution in [0.1, 0.15) is 21.5 Å². The molecule has 2 aromatic carbocycles. The van der Waals surface area contributed by atoms with Crippen molar-refractivity contribution in [2.45, 2.75) is 13.3 Å². The molecule has 0 heterocycles. The SMILES string of the molecule is Cc1cc(Br)ccc1C(=O)Cc1ccc(Br)cc1. The predicted molar refractivity (Wildman–Crippen MR) is 81.1 cm³/mol. The van der Waals surface area contributed by atoms with Gasteiger partial charge >= 0.3 is 0 Å². The molecule has 0 saturated carbocycles. The molecule has 1 nitrogen and oxygen atoms in total. The minimum absolute atomic E-state index is 0.155. The second kappa shape index (κ2) is 5.81. The van der Waals surface area contributed by atoms with Crippen LogP contribution in [0, 0.1) is 6.92 Å². The van der Waals surface area contributed by atoms with E-state index in [0.29, 0.717) is 6.42 Å². The van der Waals surface area contributed by atoms with E-state index in [0.717, 1.165) is 25.6 Å². The molecule has 92 valence electrons. The summed E-state index contributed by atoms with van der Waals surface area (Å²) < 4.78 is 2.03. The second-order valence-corrected chi connectivity index (χ2v) is 6.02. The second-order valence-electron chi connectivity index (χ2n) is 4.19. The fourth-order valence-corrected chi connectivity index (χ4v) is 2.56. The Hall–Kier alpha value is -0.930. The Morgan fingerprint density at radius 1 is 1.00 bits per heavy atom. The number of carbonyl (C=O) groups excluding carboxylic acids is 1. The molecule has 0 aliphatic rings. The van der Waals surface area contributed by atoms with Crippen LogP contribution in [0.25, 0.3) is 0 Å². The number of Topliss-reactive ketones (excluding diaryl/α,β-unsaturated/α-hetero) is 1. The number of benzene rings is 2. The fraction of sp³-hybridized carbons (Fsp3) is 0.133. The number of carbonyl (C=O) groups is 1. The lowest BCUT2D eigenvalue weighted by molar-refractivity contribution is 0.0992. The molecule has 0 spiro atoms. The van der Waals surface area contributed by atoms with Gasteiger partial charge < -0.3 is 0 Å². The molecule has 0 unspecified atom stereocenters. The highest BCUT2D eigenvalue weighted by molar-refractivity contribution is 9.10. The lowest BCUT2D eigenvalue weighted by atomic mass is 9.99. The minimum atomic E-state index is 0.155. The molecule has 0 aliphatic carbocycles. The summed E-state index contributed by atoms with van der Waals surface area (Å²) >= 11 is 6.79. The first-order chi connectivity index (χ1) is 8.56. The molecule has 0 fully saturated rings. The molecule has 18 heavy (non-hydrogen) atoms. The van der Waals surface area contributed by atoms with Gasteiger partial charge in [-0.15, -0.1) is 0 Å². The summed E-state index contributed by atoms with van der Waals surface area (Å²) in [6.07, 6.45) is 0.440. The molecule has 0 radical (unpaired) electrons. The van der Waals surface area contributed by atoms with Crippen LogP contribution in [-0.4, -0.2) is 5.78 Å². The molecular formula is C15H12Br2O. The predicted octanol–water partition coefficient (Wildman–Crippen LogP) is 4.95. The molecule has 2 aromatic rings. The van der Waals surface area contributed by atoms with Gasteiger partial charge in [-0.05, 0) is 42.3 Å². The maximum Gasteiger partial charge on any atom is 0.167 e. The van der Waals surface area contributed by atoms with Crippen LogP contribution in [-0.2, 0) is 6.42 Å². The molecule has 0 N–H and O–H groups in total. The Balaban J connectivity index is 2.19. The van der Waals surface area contributed by atoms with Gasteiger partial charge in [0, 0.05) is 20.9 Å². The molecule has 0 aromatic heterocycles. The third-order valence-corrected chi connectivity index (χ3v) is 3.79. The van der Waals surface area contributed by atoms with Crippen molar-refractivity contribution in [3.05, 3.63) is 68.1 Å². The van der Waals surface area contributed by atoms with E-state index in [4.69, 9.17) is 0 Å². The van der Waals surface area contributed by atoms with Crippen molar-refractivity contribution >= 4 is 37.6 Å². The van der Waals surface area contributed by atoms with E-state index in [1.54, 1.807) is 0 Å². The standard InChI is InChI=1S/C15H12Br2O/c1-10-8-13(17)6-7-14(10)15(18)9-11-2-4-12(16)5-3-11/h2-8H,9H2,1H3. The number of rotatable bonds is 3. The van der Waals surface area contributed by atoms with Crippen LogP contribution in [0.5, 0.6) is 0 Å². The smallest absolute Gasteiger partial charge is 0.167 e. The number of aryl methyl sites for hydroxylation is 1. The van der Waals surface area contributed by atoms with E-state index < -0.39 is 0 Å². The van der Waals surface area contributed by atoms with Crippen LogP contribution >= 0.6 is 31.9 Å². The van der Waals surface area contributed by atoms with Crippen molar-refractivity contribution in [2.75, 3.05) is 0 Å². The van der Waals surface area contributed by atoms with Crippen molar-refractivity contribution in [1.82, 2.24) is 0 Å². The quantitative estimate of drug-likeness (QED) is 0.701. The monoisotopic (exact) mass is 366 g/mol. The summed E-state index contributed by atoms with van der Waals surface area (Å²) in [6, 6.07) is 13.6. The van der Waals surface area contributed by atoms with Crippen LogP contribution in [0.3, 0.4) is 0 Å². The zero-order chi connectivity index (χ0) is 13.1. The van der Waals surface area contributed by atoms with Crippen LogP contribution < -0.4 is 0 Å². The molecule has 0 saturated heterocycles. The highest BCUT2D eigenvalue weighted by Crippen LogP contribution is 2.18. The largest absolute Gasteiger partial charge is 0.294 e. The van der Waals surface area contributed by atoms with Gasteiger partial charge in [0.25, 0.3) is 0 Å². The van der Waals surface area contributed by atoms with E-state index in [9.17, 15) is 4.79 Å². The Labute approximate surface area is 123 Å². The first kappa shape index (κ1) is 13.5. The van der Waals surface area contributed by atoms with Crippen molar-refractivity contribution in [3.63, 3.8) is 0 Å². The van der Waals surface area contributed by atoms with Gasteiger partial charge in [-0.1, -0.05) is 50.1 Å².